The van der Waals surface area contributed by atoms with Gasteiger partial charge in [-0.25, -0.2) is 0 Å². The van der Waals surface area contributed by atoms with Crippen LogP contribution >= 0.6 is 11.6 Å². The first-order chi connectivity index (χ1) is 16.5. The molecule has 2 heterocycles. The molecule has 1 aliphatic carbocycles. The molecule has 3 aliphatic rings. The lowest BCUT2D eigenvalue weighted by atomic mass is 10.0. The summed E-state index contributed by atoms with van der Waals surface area (Å²) in [5, 5.41) is 5.90. The van der Waals surface area contributed by atoms with Crippen LogP contribution in [-0.2, 0) is 14.3 Å². The maximum Gasteiger partial charge on any atom is 0.255 e. The van der Waals surface area contributed by atoms with Crippen molar-refractivity contribution in [1.29, 1.82) is 0 Å². The molecule has 34 heavy (non-hydrogen) atoms. The Kier molecular flexibility index (Phi) is 6.43. The molecule has 1 saturated carbocycles. The minimum absolute atomic E-state index is 0.0323. The van der Waals surface area contributed by atoms with Crippen LogP contribution in [-0.4, -0.2) is 54.5 Å². The molecule has 2 aromatic rings. The molecule has 0 aromatic heterocycles. The summed E-state index contributed by atoms with van der Waals surface area (Å²) in [4.78, 5) is 40.2. The van der Waals surface area contributed by atoms with Crippen LogP contribution < -0.4 is 15.4 Å². The van der Waals surface area contributed by atoms with E-state index in [0.29, 0.717) is 34.2 Å². The summed E-state index contributed by atoms with van der Waals surface area (Å²) in [5.74, 6) is -0.445. The van der Waals surface area contributed by atoms with E-state index in [-0.39, 0.29) is 30.5 Å². The first-order valence-electron chi connectivity index (χ1n) is 11.5. The molecule has 0 bridgehead atoms. The molecular formula is C25H26ClN3O5. The fourth-order valence-corrected chi connectivity index (χ4v) is 4.65. The van der Waals surface area contributed by atoms with Crippen molar-refractivity contribution in [2.75, 3.05) is 25.1 Å². The van der Waals surface area contributed by atoms with Crippen molar-refractivity contribution >= 4 is 35.0 Å². The quantitative estimate of drug-likeness (QED) is 0.600. The van der Waals surface area contributed by atoms with Gasteiger partial charge in [-0.3, -0.25) is 14.4 Å². The summed E-state index contributed by atoms with van der Waals surface area (Å²) in [5.41, 5.74) is 1.65. The summed E-state index contributed by atoms with van der Waals surface area (Å²) in [6.07, 6.45) is 3.74. The van der Waals surface area contributed by atoms with Crippen molar-refractivity contribution in [3.8, 4) is 5.75 Å². The molecule has 8 nitrogen and oxygen atoms in total. The highest BCUT2D eigenvalue weighted by Gasteiger charge is 2.47. The predicted molar refractivity (Wildman–Crippen MR) is 126 cm³/mol. The zero-order valence-corrected chi connectivity index (χ0v) is 19.3. The highest BCUT2D eigenvalue weighted by atomic mass is 35.5. The van der Waals surface area contributed by atoms with Gasteiger partial charge in [-0.05, 0) is 55.5 Å². The Labute approximate surface area is 202 Å². The number of anilines is 1. The molecule has 2 aromatic carbocycles. The molecule has 2 atom stereocenters. The van der Waals surface area contributed by atoms with Gasteiger partial charge in [-0.15, -0.1) is 0 Å². The van der Waals surface area contributed by atoms with Gasteiger partial charge in [0.15, 0.2) is 0 Å². The Hall–Kier alpha value is -3.10. The van der Waals surface area contributed by atoms with Crippen LogP contribution in [0.25, 0.3) is 0 Å². The lowest BCUT2D eigenvalue weighted by Gasteiger charge is -2.24. The van der Waals surface area contributed by atoms with Crippen LogP contribution in [0, 0.1) is 0 Å². The number of nitrogens with one attached hydrogen (secondary N) is 2. The number of hydrogen-bond donors (Lipinski definition) is 2. The number of benzene rings is 2. The second-order valence-corrected chi connectivity index (χ2v) is 9.22. The zero-order chi connectivity index (χ0) is 23.7. The number of ether oxygens (including phenoxy) is 2. The van der Waals surface area contributed by atoms with E-state index in [1.807, 2.05) is 6.07 Å². The van der Waals surface area contributed by atoms with Crippen LogP contribution in [0.5, 0.6) is 5.75 Å². The molecule has 2 unspecified atom stereocenters. The first-order valence-corrected chi connectivity index (χ1v) is 11.9. The van der Waals surface area contributed by atoms with E-state index in [9.17, 15) is 14.4 Å². The smallest absolute Gasteiger partial charge is 0.255 e. The van der Waals surface area contributed by atoms with Crippen molar-refractivity contribution in [3.63, 3.8) is 0 Å². The van der Waals surface area contributed by atoms with E-state index >= 15 is 0 Å². The topological polar surface area (TPSA) is 97.0 Å². The van der Waals surface area contributed by atoms with E-state index in [4.69, 9.17) is 21.1 Å². The van der Waals surface area contributed by atoms with E-state index in [0.717, 1.165) is 32.3 Å². The third-order valence-corrected chi connectivity index (χ3v) is 6.51. The number of nitrogens with zero attached hydrogens (tertiary/aromatic N) is 1. The van der Waals surface area contributed by atoms with Crippen LogP contribution in [0.3, 0.4) is 0 Å². The fourth-order valence-electron chi connectivity index (χ4n) is 4.48. The van der Waals surface area contributed by atoms with Crippen molar-refractivity contribution in [2.24, 2.45) is 0 Å². The van der Waals surface area contributed by atoms with Gasteiger partial charge in [0.05, 0.1) is 18.3 Å². The average Bonchev–Trinajstić information content (AvgIpc) is 3.44. The lowest BCUT2D eigenvalue weighted by Crippen LogP contribution is -2.42. The number of halogens is 1. The summed E-state index contributed by atoms with van der Waals surface area (Å²) >= 11 is 6.12. The maximum atomic E-state index is 13.1. The third-order valence-electron chi connectivity index (χ3n) is 6.27. The average molecular weight is 484 g/mol. The SMILES string of the molecule is O=C(CNC(=O)C1c2ccccc2C(=O)N1C1CC1)Nc1cc(Cl)ccc1OCC1CCCO1. The summed E-state index contributed by atoms with van der Waals surface area (Å²) in [7, 11) is 0. The molecule has 0 radical (unpaired) electrons. The molecule has 3 amide bonds. The van der Waals surface area contributed by atoms with Gasteiger partial charge in [0, 0.05) is 23.2 Å². The standard InChI is InChI=1S/C25H26ClN3O5/c26-15-7-10-21(34-14-17-4-3-11-33-17)20(12-15)28-22(30)13-27-24(31)23-18-5-1-2-6-19(18)25(32)29(23)16-8-9-16/h1-2,5-7,10,12,16-17,23H,3-4,8-9,11,13-14H2,(H,27,31)(H,28,30). The van der Waals surface area contributed by atoms with Gasteiger partial charge in [-0.1, -0.05) is 29.8 Å². The minimum atomic E-state index is -0.722. The summed E-state index contributed by atoms with van der Waals surface area (Å²) < 4.78 is 11.4. The van der Waals surface area contributed by atoms with Crippen LogP contribution in [0.4, 0.5) is 5.69 Å². The predicted octanol–water partition coefficient (Wildman–Crippen LogP) is 3.31. The fraction of sp³-hybridized carbons (Fsp3) is 0.400. The van der Waals surface area contributed by atoms with E-state index in [1.54, 1.807) is 41.3 Å². The van der Waals surface area contributed by atoms with Crippen molar-refractivity contribution in [1.82, 2.24) is 10.2 Å². The van der Waals surface area contributed by atoms with Gasteiger partial charge in [-0.2, -0.15) is 0 Å². The Morgan fingerprint density at radius 3 is 2.74 bits per heavy atom. The highest BCUT2D eigenvalue weighted by Crippen LogP contribution is 2.41. The van der Waals surface area contributed by atoms with Gasteiger partial charge in [0.1, 0.15) is 18.4 Å². The number of rotatable bonds is 8. The Balaban J connectivity index is 1.22. The number of fused-ring (bicyclic) bond motifs is 1. The number of carbonyl (C=O) groups excluding carboxylic acids is 3. The second-order valence-electron chi connectivity index (χ2n) is 8.79. The van der Waals surface area contributed by atoms with Gasteiger partial charge >= 0.3 is 0 Å². The van der Waals surface area contributed by atoms with Crippen LogP contribution in [0.2, 0.25) is 5.02 Å². The Bertz CT molecular complexity index is 1110. The molecule has 1 saturated heterocycles. The molecule has 2 N–H and O–H groups in total. The largest absolute Gasteiger partial charge is 0.489 e. The molecule has 5 rings (SSSR count). The zero-order valence-electron chi connectivity index (χ0n) is 18.6. The summed E-state index contributed by atoms with van der Waals surface area (Å²) in [6, 6.07) is 11.5. The van der Waals surface area contributed by atoms with Crippen molar-refractivity contribution in [2.45, 2.75) is 43.9 Å². The first kappa shape index (κ1) is 22.7. The molecule has 9 heteroatoms. The van der Waals surface area contributed by atoms with Crippen molar-refractivity contribution < 1.29 is 23.9 Å². The third kappa shape index (κ3) is 4.74. The normalized spacial score (nSPS) is 21.3. The minimum Gasteiger partial charge on any atom is -0.489 e. The van der Waals surface area contributed by atoms with Gasteiger partial charge in [0.25, 0.3) is 5.91 Å². The number of carbonyl (C=O) groups is 3. The summed E-state index contributed by atoms with van der Waals surface area (Å²) in [6.45, 7) is 0.864. The molecule has 2 fully saturated rings. The molecule has 178 valence electrons. The van der Waals surface area contributed by atoms with Crippen LogP contribution in [0.15, 0.2) is 42.5 Å². The Morgan fingerprint density at radius 2 is 1.97 bits per heavy atom. The molecular weight excluding hydrogens is 458 g/mol. The van der Waals surface area contributed by atoms with Gasteiger partial charge in [0.2, 0.25) is 11.8 Å². The van der Waals surface area contributed by atoms with E-state index in [2.05, 4.69) is 10.6 Å². The van der Waals surface area contributed by atoms with Gasteiger partial charge < -0.3 is 25.0 Å². The van der Waals surface area contributed by atoms with Crippen LogP contribution in [0.1, 0.15) is 47.6 Å². The van der Waals surface area contributed by atoms with E-state index < -0.39 is 11.9 Å². The maximum absolute atomic E-state index is 13.1. The molecule has 2 aliphatic heterocycles. The van der Waals surface area contributed by atoms with Crippen molar-refractivity contribution in [3.05, 3.63) is 58.6 Å². The lowest BCUT2D eigenvalue weighted by molar-refractivity contribution is -0.127. The number of hydrogen-bond acceptors (Lipinski definition) is 5. The second kappa shape index (κ2) is 9.64. The van der Waals surface area contributed by atoms with E-state index in [1.165, 1.54) is 0 Å². The monoisotopic (exact) mass is 483 g/mol. The number of amides is 3. The Morgan fingerprint density at radius 1 is 1.15 bits per heavy atom. The highest BCUT2D eigenvalue weighted by molar-refractivity contribution is 6.31. The molecule has 0 spiro atoms.